The van der Waals surface area contributed by atoms with Gasteiger partial charge in [0.25, 0.3) is 5.96 Å². The number of benzene rings is 3. The van der Waals surface area contributed by atoms with Gasteiger partial charge in [0.1, 0.15) is 11.8 Å². The molecular formula is C29H34N6O5. The minimum atomic E-state index is -1.00. The second kappa shape index (κ2) is 13.7. The zero-order valence-electron chi connectivity index (χ0n) is 22.5. The van der Waals surface area contributed by atoms with E-state index in [1.54, 1.807) is 31.4 Å². The predicted octanol–water partition coefficient (Wildman–Crippen LogP) is 2.90. The number of nitrogens with zero attached hydrogens (tertiary/aromatic N) is 3. The van der Waals surface area contributed by atoms with Gasteiger partial charge < -0.3 is 21.5 Å². The fourth-order valence-corrected chi connectivity index (χ4v) is 4.67. The average Bonchev–Trinajstić information content (AvgIpc) is 2.91. The van der Waals surface area contributed by atoms with Crippen LogP contribution in [0.5, 0.6) is 5.75 Å². The molecule has 11 nitrogen and oxygen atoms in total. The molecule has 40 heavy (non-hydrogen) atoms. The Bertz CT molecular complexity index is 1300. The smallest absolute Gasteiger partial charge is 0.251 e. The Morgan fingerprint density at radius 2 is 1.52 bits per heavy atom. The third-order valence-electron chi connectivity index (χ3n) is 6.53. The molecule has 210 valence electrons. The number of primary amides is 1. The topological polar surface area (TPSA) is 177 Å². The fraction of sp³-hybridized carbons (Fsp3) is 0.276. The Balaban J connectivity index is 2.02. The van der Waals surface area contributed by atoms with Crippen LogP contribution < -0.4 is 16.9 Å². The minimum Gasteiger partial charge on any atom is -0.507 e. The number of aromatic hydroxyl groups is 1. The number of hydrazine groups is 1. The number of nitro groups is 1. The molecular weight excluding hydrogens is 512 g/mol. The number of carbonyl (C=O) groups excluding carboxylic acids is 2. The van der Waals surface area contributed by atoms with Gasteiger partial charge in [0, 0.05) is 13.1 Å². The number of hydrogen-bond donors (Lipinski definition) is 4. The molecule has 2 amide bonds. The molecule has 3 aromatic rings. The van der Waals surface area contributed by atoms with Crippen LogP contribution in [0.1, 0.15) is 46.6 Å². The summed E-state index contributed by atoms with van der Waals surface area (Å²) in [5.74, 6) is -1.92. The van der Waals surface area contributed by atoms with Crippen LogP contribution >= 0.6 is 0 Å². The SMILES string of the molecule is Cc1cc(CN(C(=O)C(c2ccccc2)c2ccccc2)[C@@H](CCCN=C(N)N[N+](=O)[O-])C(N)=O)cc(C)c1O. The van der Waals surface area contributed by atoms with E-state index in [0.717, 1.165) is 16.7 Å². The molecule has 0 saturated carbocycles. The van der Waals surface area contributed by atoms with Crippen molar-refractivity contribution in [2.75, 3.05) is 6.54 Å². The van der Waals surface area contributed by atoms with Gasteiger partial charge in [-0.2, -0.15) is 0 Å². The third-order valence-corrected chi connectivity index (χ3v) is 6.53. The van der Waals surface area contributed by atoms with Crippen molar-refractivity contribution in [2.24, 2.45) is 16.5 Å². The molecule has 0 bridgehead atoms. The lowest BCUT2D eigenvalue weighted by Gasteiger charge is -2.33. The molecule has 0 spiro atoms. The van der Waals surface area contributed by atoms with Crippen LogP contribution in [0, 0.1) is 24.0 Å². The van der Waals surface area contributed by atoms with Crippen LogP contribution in [0.2, 0.25) is 0 Å². The van der Waals surface area contributed by atoms with Gasteiger partial charge in [-0.15, -0.1) is 0 Å². The summed E-state index contributed by atoms with van der Waals surface area (Å²) in [6.07, 6.45) is 0.440. The van der Waals surface area contributed by atoms with Gasteiger partial charge in [0.05, 0.1) is 5.92 Å². The molecule has 0 aliphatic carbocycles. The first-order chi connectivity index (χ1) is 19.1. The van der Waals surface area contributed by atoms with Gasteiger partial charge >= 0.3 is 0 Å². The van der Waals surface area contributed by atoms with Gasteiger partial charge in [-0.1, -0.05) is 78.2 Å². The normalized spacial score (nSPS) is 12.1. The van der Waals surface area contributed by atoms with E-state index in [4.69, 9.17) is 11.5 Å². The molecule has 0 unspecified atom stereocenters. The molecule has 0 aliphatic heterocycles. The van der Waals surface area contributed by atoms with Crippen molar-refractivity contribution in [2.45, 2.75) is 45.2 Å². The summed E-state index contributed by atoms with van der Waals surface area (Å²) < 4.78 is 0. The molecule has 1 atom stereocenters. The summed E-state index contributed by atoms with van der Waals surface area (Å²) in [6, 6.07) is 21.1. The van der Waals surface area contributed by atoms with E-state index in [1.165, 1.54) is 4.90 Å². The van der Waals surface area contributed by atoms with Crippen LogP contribution in [0.25, 0.3) is 0 Å². The number of phenols is 1. The van der Waals surface area contributed by atoms with Crippen molar-refractivity contribution < 1.29 is 19.7 Å². The van der Waals surface area contributed by atoms with Crippen molar-refractivity contribution in [3.05, 3.63) is 111 Å². The third kappa shape index (κ3) is 7.79. The number of nitrogens with one attached hydrogen (secondary N) is 1. The number of carbonyl (C=O) groups is 2. The maximum atomic E-state index is 14.4. The number of rotatable bonds is 12. The van der Waals surface area contributed by atoms with Gasteiger partial charge in [0.2, 0.25) is 11.8 Å². The molecule has 0 saturated heterocycles. The molecule has 3 aromatic carbocycles. The summed E-state index contributed by atoms with van der Waals surface area (Å²) in [6.45, 7) is 3.68. The van der Waals surface area contributed by atoms with E-state index in [-0.39, 0.29) is 43.5 Å². The Morgan fingerprint density at radius 1 is 1.00 bits per heavy atom. The van der Waals surface area contributed by atoms with Crippen molar-refractivity contribution in [1.29, 1.82) is 0 Å². The van der Waals surface area contributed by atoms with E-state index < -0.39 is 22.9 Å². The highest BCUT2D eigenvalue weighted by Gasteiger charge is 2.34. The number of aliphatic imine (C=N–C) groups is 1. The summed E-state index contributed by atoms with van der Waals surface area (Å²) >= 11 is 0. The lowest BCUT2D eigenvalue weighted by molar-refractivity contribution is -0.525. The van der Waals surface area contributed by atoms with E-state index in [2.05, 4.69) is 4.99 Å². The highest BCUT2D eigenvalue weighted by molar-refractivity contribution is 5.92. The van der Waals surface area contributed by atoms with Crippen molar-refractivity contribution in [3.8, 4) is 5.75 Å². The van der Waals surface area contributed by atoms with E-state index in [1.807, 2.05) is 60.7 Å². The highest BCUT2D eigenvalue weighted by Crippen LogP contribution is 2.30. The van der Waals surface area contributed by atoms with Crippen LogP contribution in [-0.2, 0) is 16.1 Å². The number of phenolic OH excluding ortho intramolecular Hbond substituents is 1. The predicted molar refractivity (Wildman–Crippen MR) is 152 cm³/mol. The molecule has 0 aromatic heterocycles. The van der Waals surface area contributed by atoms with Crippen molar-refractivity contribution in [3.63, 3.8) is 0 Å². The quantitative estimate of drug-likeness (QED) is 0.0887. The Hall–Kier alpha value is -4.93. The average molecular weight is 547 g/mol. The molecule has 3 rings (SSSR count). The largest absolute Gasteiger partial charge is 0.507 e. The number of aryl methyl sites for hydroxylation is 2. The lowest BCUT2D eigenvalue weighted by atomic mass is 9.89. The number of guanidine groups is 1. The zero-order valence-corrected chi connectivity index (χ0v) is 22.5. The Morgan fingerprint density at radius 3 is 2.00 bits per heavy atom. The van der Waals surface area contributed by atoms with Gasteiger partial charge in [0.15, 0.2) is 5.03 Å². The first-order valence-corrected chi connectivity index (χ1v) is 12.8. The van der Waals surface area contributed by atoms with Crippen LogP contribution in [-0.4, -0.2) is 45.4 Å². The van der Waals surface area contributed by atoms with Crippen LogP contribution in [0.3, 0.4) is 0 Å². The van der Waals surface area contributed by atoms with Gasteiger partial charge in [-0.05, 0) is 54.5 Å². The fourth-order valence-electron chi connectivity index (χ4n) is 4.67. The number of hydrogen-bond acceptors (Lipinski definition) is 6. The summed E-state index contributed by atoms with van der Waals surface area (Å²) in [5, 5.41) is 20.0. The van der Waals surface area contributed by atoms with Crippen LogP contribution in [0.15, 0.2) is 77.8 Å². The molecule has 0 fully saturated rings. The van der Waals surface area contributed by atoms with E-state index in [0.29, 0.717) is 11.1 Å². The molecule has 0 heterocycles. The summed E-state index contributed by atoms with van der Waals surface area (Å²) in [4.78, 5) is 43.2. The maximum Gasteiger partial charge on any atom is 0.251 e. The molecule has 0 aliphatic rings. The minimum absolute atomic E-state index is 0.0683. The zero-order chi connectivity index (χ0) is 29.2. The standard InChI is InChI=1S/C29H34N6O5/c1-19-16-21(17-20(2)26(19)36)18-34(24(27(30)37)14-9-15-32-29(31)33-35(39)40)28(38)25(22-10-5-3-6-11-22)23-12-7-4-8-13-23/h3-8,10-13,16-17,24-25,36H,9,14-15,18H2,1-2H3,(H2,30,37)(H3,31,32,33)/t24-/m0/s1. The molecule has 6 N–H and O–H groups in total. The Kier molecular flexibility index (Phi) is 10.2. The number of nitrogens with two attached hydrogens (primary N) is 2. The lowest BCUT2D eigenvalue weighted by Crippen LogP contribution is -2.49. The summed E-state index contributed by atoms with van der Waals surface area (Å²) in [7, 11) is 0. The second-order valence-electron chi connectivity index (χ2n) is 9.50. The maximum absolute atomic E-state index is 14.4. The molecule has 11 heteroatoms. The number of amides is 2. The highest BCUT2D eigenvalue weighted by atomic mass is 16.7. The monoisotopic (exact) mass is 546 g/mol. The van der Waals surface area contributed by atoms with E-state index >= 15 is 0 Å². The summed E-state index contributed by atoms with van der Waals surface area (Å²) in [5.41, 5.74) is 16.6. The van der Waals surface area contributed by atoms with Gasteiger partial charge in [-0.25, -0.2) is 15.1 Å². The van der Waals surface area contributed by atoms with Crippen molar-refractivity contribution in [1.82, 2.24) is 10.3 Å². The Labute approximate surface area is 232 Å². The molecule has 0 radical (unpaired) electrons. The van der Waals surface area contributed by atoms with Crippen LogP contribution in [0.4, 0.5) is 0 Å². The second-order valence-corrected chi connectivity index (χ2v) is 9.50. The van der Waals surface area contributed by atoms with Crippen molar-refractivity contribution >= 4 is 17.8 Å². The first-order valence-electron chi connectivity index (χ1n) is 12.8. The van der Waals surface area contributed by atoms with Gasteiger partial charge in [-0.3, -0.25) is 9.59 Å². The van der Waals surface area contributed by atoms with E-state index in [9.17, 15) is 24.8 Å². The first kappa shape index (κ1) is 29.6.